The van der Waals surface area contributed by atoms with Gasteiger partial charge in [-0.1, -0.05) is 46.4 Å². The van der Waals surface area contributed by atoms with Gasteiger partial charge in [-0.25, -0.2) is 10.8 Å². The van der Waals surface area contributed by atoms with Crippen LogP contribution < -0.4 is 51.7 Å². The number of benzene rings is 2. The third kappa shape index (κ3) is 11.7. The fourth-order valence-electron chi connectivity index (χ4n) is 2.70. The number of aromatic nitrogens is 3. The molecule has 0 aliphatic heterocycles. The molecule has 41 heavy (non-hydrogen) atoms. The Morgan fingerprint density at radius 1 is 0.902 bits per heavy atom. The zero-order chi connectivity index (χ0) is 29.7. The maximum atomic E-state index is 10.8. The topological polar surface area (TPSA) is 170 Å². The molecule has 1 amide bonds. The van der Waals surface area contributed by atoms with Gasteiger partial charge in [0.15, 0.2) is 11.6 Å². The largest absolute Gasteiger partial charge is 1.00 e. The van der Waals surface area contributed by atoms with Crippen molar-refractivity contribution in [3.05, 3.63) is 102 Å². The number of hydrogen-bond donors (Lipinski definition) is 5. The van der Waals surface area contributed by atoms with Crippen LogP contribution in [0.25, 0.3) is 22.1 Å². The molecule has 0 saturated heterocycles. The monoisotopic (exact) mass is 679 g/mol. The first-order valence-electron chi connectivity index (χ1n) is 10.9. The third-order valence-electron chi connectivity index (χ3n) is 4.53. The van der Waals surface area contributed by atoms with Crippen LogP contribution in [-0.2, 0) is 0 Å². The summed E-state index contributed by atoms with van der Waals surface area (Å²) in [4.78, 5) is 16.6. The number of carbonyl (C=O) groups is 1. The van der Waals surface area contributed by atoms with E-state index in [9.17, 15) is 4.79 Å². The molecule has 0 saturated carbocycles. The summed E-state index contributed by atoms with van der Waals surface area (Å²) >= 11 is 25.9. The molecule has 0 atom stereocenters. The average molecular weight is 681 g/mol. The number of amidine groups is 1. The molecule has 0 fully saturated rings. The van der Waals surface area contributed by atoms with E-state index < -0.39 is 0 Å². The van der Waals surface area contributed by atoms with Crippen molar-refractivity contribution in [1.29, 1.82) is 5.41 Å². The summed E-state index contributed by atoms with van der Waals surface area (Å²) in [5, 5.41) is 28.5. The molecule has 0 bridgehead atoms. The van der Waals surface area contributed by atoms with E-state index in [1.165, 1.54) is 22.7 Å². The van der Waals surface area contributed by atoms with Crippen LogP contribution in [0.5, 0.6) is 0 Å². The van der Waals surface area contributed by atoms with Gasteiger partial charge in [0.2, 0.25) is 0 Å². The normalized spacial score (nSPS) is 9.44. The SMILES string of the molecule is C[O-].Clc1ccc(-c2n[nH]c(-c3sccc3Cl)n2)cc1.N=C(N)c1ccc(Cl)cc1.NNC(=O)c1sccc1Cl.[Na+]. The third-order valence-corrected chi connectivity index (χ3v) is 7.72. The predicted octanol–water partition coefficient (Wildman–Crippen LogP) is 3.12. The first kappa shape index (κ1) is 37.0. The summed E-state index contributed by atoms with van der Waals surface area (Å²) in [6.07, 6.45) is 0. The zero-order valence-electron chi connectivity index (χ0n) is 21.6. The quantitative estimate of drug-likeness (QED) is 0.0488. The number of rotatable bonds is 4. The minimum atomic E-state index is -0.347. The first-order chi connectivity index (χ1) is 19.2. The average Bonchev–Trinajstić information content (AvgIpc) is 3.72. The van der Waals surface area contributed by atoms with Crippen molar-refractivity contribution in [2.45, 2.75) is 0 Å². The molecular weight excluding hydrogens is 659 g/mol. The van der Waals surface area contributed by atoms with E-state index in [2.05, 4.69) is 15.2 Å². The van der Waals surface area contributed by atoms with Crippen molar-refractivity contribution in [3.8, 4) is 22.1 Å². The van der Waals surface area contributed by atoms with E-state index in [4.69, 9.17) is 68.5 Å². The number of hydrazine groups is 1. The molecule has 0 radical (unpaired) electrons. The molecule has 3 aromatic heterocycles. The number of nitrogens with one attached hydrogen (secondary N) is 3. The number of H-pyrrole nitrogens is 1. The molecule has 5 aromatic rings. The molecular formula is C25H22Cl4N7NaO2S2. The number of aromatic amines is 1. The first-order valence-corrected chi connectivity index (χ1v) is 14.1. The molecule has 16 heteroatoms. The molecule has 3 heterocycles. The Balaban J connectivity index is 0.000000316. The Morgan fingerprint density at radius 2 is 1.44 bits per heavy atom. The zero-order valence-corrected chi connectivity index (χ0v) is 28.3. The Hall–Kier alpha value is -2.00. The van der Waals surface area contributed by atoms with Crippen LogP contribution in [0.1, 0.15) is 15.2 Å². The van der Waals surface area contributed by atoms with Gasteiger partial charge in [0.05, 0.1) is 14.9 Å². The number of nitrogens with two attached hydrogens (primary N) is 2. The Kier molecular flexibility index (Phi) is 17.4. The minimum absolute atomic E-state index is 0. The smallest absolute Gasteiger partial charge is 0.857 e. The van der Waals surface area contributed by atoms with Gasteiger partial charge in [-0.05, 0) is 71.4 Å². The van der Waals surface area contributed by atoms with Crippen molar-refractivity contribution in [2.75, 3.05) is 7.11 Å². The molecule has 210 valence electrons. The van der Waals surface area contributed by atoms with Crippen molar-refractivity contribution >= 4 is 80.8 Å². The summed E-state index contributed by atoms with van der Waals surface area (Å²) in [6, 6.07) is 17.7. The molecule has 9 nitrogen and oxygen atoms in total. The van der Waals surface area contributed by atoms with E-state index in [1.54, 1.807) is 35.7 Å². The summed E-state index contributed by atoms with van der Waals surface area (Å²) in [6.45, 7) is 0. The van der Waals surface area contributed by atoms with Gasteiger partial charge in [-0.2, -0.15) is 12.2 Å². The van der Waals surface area contributed by atoms with E-state index in [0.717, 1.165) is 17.6 Å². The molecule has 0 spiro atoms. The maximum Gasteiger partial charge on any atom is 1.00 e. The van der Waals surface area contributed by atoms with Gasteiger partial charge in [0.1, 0.15) is 10.7 Å². The number of halogens is 4. The summed E-state index contributed by atoms with van der Waals surface area (Å²) in [7, 11) is 0.750. The number of carbonyl (C=O) groups excluding carboxylic acids is 1. The van der Waals surface area contributed by atoms with Crippen LogP contribution >= 0.6 is 69.1 Å². The van der Waals surface area contributed by atoms with Crippen molar-refractivity contribution in [1.82, 2.24) is 20.6 Å². The van der Waals surface area contributed by atoms with E-state index >= 15 is 0 Å². The van der Waals surface area contributed by atoms with Crippen LogP contribution in [0.4, 0.5) is 0 Å². The Morgan fingerprint density at radius 3 is 1.90 bits per heavy atom. The van der Waals surface area contributed by atoms with Crippen molar-refractivity contribution in [3.63, 3.8) is 0 Å². The molecule has 0 unspecified atom stereocenters. The Labute approximate surface area is 286 Å². The van der Waals surface area contributed by atoms with Gasteiger partial charge in [0, 0.05) is 21.2 Å². The van der Waals surface area contributed by atoms with Crippen LogP contribution in [0.15, 0.2) is 71.4 Å². The molecule has 0 aliphatic carbocycles. The van der Waals surface area contributed by atoms with E-state index in [-0.39, 0.29) is 41.3 Å². The minimum Gasteiger partial charge on any atom is -0.857 e. The van der Waals surface area contributed by atoms with Crippen molar-refractivity contribution in [2.24, 2.45) is 11.6 Å². The number of thiophene rings is 2. The predicted molar refractivity (Wildman–Crippen MR) is 165 cm³/mol. The Bertz CT molecular complexity index is 1510. The molecule has 0 aliphatic rings. The van der Waals surface area contributed by atoms with E-state index in [1.807, 2.05) is 41.1 Å². The summed E-state index contributed by atoms with van der Waals surface area (Å²) in [5.41, 5.74) is 8.81. The number of nitrogens with zero attached hydrogens (tertiary/aromatic N) is 2. The molecule has 2 aromatic carbocycles. The second-order valence-electron chi connectivity index (χ2n) is 7.10. The van der Waals surface area contributed by atoms with Crippen LogP contribution in [0.3, 0.4) is 0 Å². The summed E-state index contributed by atoms with van der Waals surface area (Å²) in [5.74, 6) is 5.91. The van der Waals surface area contributed by atoms with E-state index in [0.29, 0.717) is 42.2 Å². The van der Waals surface area contributed by atoms with Crippen molar-refractivity contribution < 1.29 is 39.5 Å². The van der Waals surface area contributed by atoms with Gasteiger partial charge in [-0.3, -0.25) is 20.7 Å². The summed E-state index contributed by atoms with van der Waals surface area (Å²) < 4.78 is 0. The fraction of sp³-hybridized carbons (Fsp3) is 0.0400. The second-order valence-corrected chi connectivity index (χ2v) is 10.6. The van der Waals surface area contributed by atoms with Crippen LogP contribution in [0.2, 0.25) is 20.1 Å². The van der Waals surface area contributed by atoms with Crippen LogP contribution in [-0.4, -0.2) is 34.0 Å². The molecule has 5 rings (SSSR count). The number of hydrogen-bond acceptors (Lipinski definition) is 8. The van der Waals surface area contributed by atoms with Gasteiger partial charge in [-0.15, -0.1) is 22.7 Å². The van der Waals surface area contributed by atoms with Gasteiger partial charge < -0.3 is 10.8 Å². The standard InChI is InChI=1S/C12H7Cl2N3S.C7H7ClN2.C5H5ClN2OS.CH3O.Na/c13-8-3-1-7(2-4-8)11-15-12(17-16-11)10-9(14)5-6-18-10;8-6-3-1-5(2-4-6)7(9)10;6-3-1-2-10-4(3)5(9)8-7;1-2;/h1-6H,(H,15,16,17);1-4H,(H3,9,10);1-2H,7H2,(H,8,9);1H3;/q;;;-1;+1. The second kappa shape index (κ2) is 19.2. The number of nitrogen functional groups attached to an aromatic ring is 2. The number of amides is 1. The molecule has 7 N–H and O–H groups in total. The fourth-order valence-corrected chi connectivity index (χ4v) is 5.09. The van der Waals surface area contributed by atoms with Crippen LogP contribution in [0, 0.1) is 5.41 Å². The van der Waals surface area contributed by atoms with Gasteiger partial charge >= 0.3 is 29.6 Å². The van der Waals surface area contributed by atoms with Gasteiger partial charge in [0.25, 0.3) is 5.91 Å². The maximum absolute atomic E-state index is 10.8.